The normalized spacial score (nSPS) is 11.0. The highest BCUT2D eigenvalue weighted by Crippen LogP contribution is 2.14. The van der Waals surface area contributed by atoms with Gasteiger partial charge in [0, 0.05) is 0 Å². The average Bonchev–Trinajstić information content (AvgIpc) is 2.69. The minimum Gasteiger partial charge on any atom is -0.502 e. The van der Waals surface area contributed by atoms with E-state index in [0.29, 0.717) is 12.4 Å². The van der Waals surface area contributed by atoms with Crippen LogP contribution in [0.15, 0.2) is 60.4 Å². The third kappa shape index (κ3) is 6.89. The maximum Gasteiger partial charge on any atom is 0.373 e. The lowest BCUT2D eigenvalue weighted by Gasteiger charge is -2.08. The first-order valence-electron chi connectivity index (χ1n) is 8.52. The molecule has 0 spiro atoms. The Labute approximate surface area is 153 Å². The van der Waals surface area contributed by atoms with Crippen molar-refractivity contribution >= 4 is 5.97 Å². The molecule has 0 saturated carbocycles. The molecule has 0 saturated heterocycles. The third-order valence-electron chi connectivity index (χ3n) is 3.56. The lowest BCUT2D eigenvalue weighted by molar-refractivity contribution is -0.142. The van der Waals surface area contributed by atoms with E-state index in [1.165, 1.54) is 11.6 Å². The van der Waals surface area contributed by atoms with Gasteiger partial charge in [0.05, 0.1) is 6.61 Å². The van der Waals surface area contributed by atoms with Crippen LogP contribution < -0.4 is 9.47 Å². The molecular weight excluding hydrogens is 332 g/mol. The minimum atomic E-state index is -0.748. The number of carbonyl (C=O) groups is 1. The van der Waals surface area contributed by atoms with Crippen LogP contribution >= 0.6 is 0 Å². The Morgan fingerprint density at radius 2 is 1.65 bits per heavy atom. The van der Waals surface area contributed by atoms with Crippen LogP contribution in [0.1, 0.15) is 18.9 Å². The van der Waals surface area contributed by atoms with Crippen LogP contribution in [-0.2, 0) is 16.0 Å². The number of hydrogen-bond donors (Lipinski definition) is 1. The van der Waals surface area contributed by atoms with Crippen LogP contribution in [0.2, 0.25) is 0 Å². The zero-order chi connectivity index (χ0) is 18.6. The Balaban J connectivity index is 1.62. The fourth-order valence-electron chi connectivity index (χ4n) is 2.17. The maximum absolute atomic E-state index is 11.2. The molecule has 2 aromatic rings. The monoisotopic (exact) mass is 355 g/mol. The van der Waals surface area contributed by atoms with Crippen LogP contribution in [0.5, 0.6) is 11.5 Å². The van der Waals surface area contributed by atoms with Crippen molar-refractivity contribution in [1.82, 2.24) is 0 Å². The van der Waals surface area contributed by atoms with E-state index in [1.54, 1.807) is 6.92 Å². The zero-order valence-electron chi connectivity index (χ0n) is 14.8. The van der Waals surface area contributed by atoms with Crippen LogP contribution in [-0.4, -0.2) is 30.9 Å². The molecule has 0 aliphatic rings. The Morgan fingerprint density at radius 1 is 1.00 bits per heavy atom. The summed E-state index contributed by atoms with van der Waals surface area (Å²) in [5, 5.41) is 9.16. The van der Waals surface area contributed by atoms with Crippen molar-refractivity contribution in [2.45, 2.75) is 19.8 Å². The summed E-state index contributed by atoms with van der Waals surface area (Å²) in [6, 6.07) is 18.2. The summed E-state index contributed by atoms with van der Waals surface area (Å²) in [5.41, 5.74) is 1.20. The van der Waals surface area contributed by atoms with Gasteiger partial charge in [-0.15, -0.1) is 0 Å². The summed E-state index contributed by atoms with van der Waals surface area (Å²) in [4.78, 5) is 11.2. The number of benzene rings is 2. The average molecular weight is 355 g/mol. The maximum atomic E-state index is 11.2. The molecule has 0 aliphatic carbocycles. The van der Waals surface area contributed by atoms with Gasteiger partial charge in [0.25, 0.3) is 0 Å². The molecule has 5 nitrogen and oxygen atoms in total. The molecule has 0 amide bonds. The Kier molecular flexibility index (Phi) is 8.06. The van der Waals surface area contributed by atoms with E-state index in [4.69, 9.17) is 19.3 Å². The van der Waals surface area contributed by atoms with E-state index in [1.807, 2.05) is 48.5 Å². The van der Waals surface area contributed by atoms with E-state index in [0.717, 1.165) is 18.6 Å². The summed E-state index contributed by atoms with van der Waals surface area (Å²) in [5.74, 6) is 0.416. The summed E-state index contributed by atoms with van der Waals surface area (Å²) in [6.45, 7) is 2.52. The Bertz CT molecular complexity index is 692. The molecule has 0 fully saturated rings. The van der Waals surface area contributed by atoms with Gasteiger partial charge in [-0.3, -0.25) is 0 Å². The molecule has 0 aliphatic heterocycles. The number of esters is 1. The molecule has 26 heavy (non-hydrogen) atoms. The molecular formula is C21H23O5. The lowest BCUT2D eigenvalue weighted by atomic mass is 10.1. The molecule has 137 valence electrons. The minimum absolute atomic E-state index is 0.0765. The summed E-state index contributed by atoms with van der Waals surface area (Å²) in [7, 11) is 0. The highest BCUT2D eigenvalue weighted by atomic mass is 16.6. The van der Waals surface area contributed by atoms with Gasteiger partial charge in [-0.25, -0.2) is 4.79 Å². The highest BCUT2D eigenvalue weighted by Gasteiger charge is 2.07. The molecule has 5 heteroatoms. The van der Waals surface area contributed by atoms with Gasteiger partial charge in [-0.05, 0) is 61.7 Å². The largest absolute Gasteiger partial charge is 0.502 e. The van der Waals surface area contributed by atoms with Crippen LogP contribution in [0.25, 0.3) is 0 Å². The second kappa shape index (κ2) is 10.8. The van der Waals surface area contributed by atoms with Crippen molar-refractivity contribution in [1.29, 1.82) is 0 Å². The zero-order valence-corrected chi connectivity index (χ0v) is 14.8. The number of hydrogen-bond acceptors (Lipinski definition) is 5. The van der Waals surface area contributed by atoms with Gasteiger partial charge in [0.15, 0.2) is 5.76 Å². The molecule has 0 aromatic heterocycles. The standard InChI is InChI=1S/C21H23O5/c1-2-20(22)21(23)26-16-15-25-19-12-10-17(11-13-19)7-6-14-24-18-8-4-3-5-9-18/h2,4-5,8-13,22H,6-7,14-16H2,1H3. The van der Waals surface area contributed by atoms with Crippen LogP contribution in [0.4, 0.5) is 0 Å². The molecule has 1 N–H and O–H groups in total. The van der Waals surface area contributed by atoms with Crippen LogP contribution in [0, 0.1) is 6.07 Å². The number of allylic oxidation sites excluding steroid dienone is 1. The van der Waals surface area contributed by atoms with Crippen molar-refractivity contribution in [3.05, 3.63) is 72.0 Å². The number of aliphatic hydroxyl groups is 1. The van der Waals surface area contributed by atoms with Crippen molar-refractivity contribution in [2.75, 3.05) is 19.8 Å². The van der Waals surface area contributed by atoms with E-state index in [-0.39, 0.29) is 13.2 Å². The van der Waals surface area contributed by atoms with E-state index < -0.39 is 11.7 Å². The van der Waals surface area contributed by atoms with Crippen molar-refractivity contribution < 1.29 is 24.1 Å². The molecule has 2 aromatic carbocycles. The second-order valence-electron chi connectivity index (χ2n) is 5.49. The van der Waals surface area contributed by atoms with Gasteiger partial charge >= 0.3 is 5.97 Å². The van der Waals surface area contributed by atoms with Crippen molar-refractivity contribution in [2.24, 2.45) is 0 Å². The quantitative estimate of drug-likeness (QED) is 0.303. The summed E-state index contributed by atoms with van der Waals surface area (Å²) >= 11 is 0. The first-order valence-corrected chi connectivity index (χ1v) is 8.52. The van der Waals surface area contributed by atoms with E-state index in [2.05, 4.69) is 6.07 Å². The predicted octanol–water partition coefficient (Wildman–Crippen LogP) is 3.88. The SMILES string of the molecule is CC=C(O)C(=O)OCCOc1ccc(CCCOc2cc[c]cc2)cc1. The molecule has 0 unspecified atom stereocenters. The van der Waals surface area contributed by atoms with E-state index >= 15 is 0 Å². The van der Waals surface area contributed by atoms with E-state index in [9.17, 15) is 4.79 Å². The smallest absolute Gasteiger partial charge is 0.373 e. The fourth-order valence-corrected chi connectivity index (χ4v) is 2.17. The third-order valence-corrected chi connectivity index (χ3v) is 3.56. The number of aryl methyl sites for hydroxylation is 1. The van der Waals surface area contributed by atoms with Gasteiger partial charge in [0.1, 0.15) is 24.7 Å². The molecule has 2 rings (SSSR count). The molecule has 1 radical (unpaired) electrons. The van der Waals surface area contributed by atoms with Gasteiger partial charge in [0.2, 0.25) is 0 Å². The highest BCUT2D eigenvalue weighted by molar-refractivity contribution is 5.85. The first-order chi connectivity index (χ1) is 12.7. The Hall–Kier alpha value is -2.95. The first kappa shape index (κ1) is 19.4. The number of carbonyl (C=O) groups excluding carboxylic acids is 1. The van der Waals surface area contributed by atoms with Crippen molar-refractivity contribution in [3.63, 3.8) is 0 Å². The topological polar surface area (TPSA) is 65.0 Å². The van der Waals surface area contributed by atoms with Gasteiger partial charge in [-0.1, -0.05) is 24.3 Å². The number of ether oxygens (including phenoxy) is 3. The van der Waals surface area contributed by atoms with Gasteiger partial charge < -0.3 is 19.3 Å². The fraction of sp³-hybridized carbons (Fsp3) is 0.286. The molecule has 0 heterocycles. The lowest BCUT2D eigenvalue weighted by Crippen LogP contribution is -2.13. The summed E-state index contributed by atoms with van der Waals surface area (Å²) in [6.07, 6.45) is 3.12. The summed E-state index contributed by atoms with van der Waals surface area (Å²) < 4.78 is 16.0. The predicted molar refractivity (Wildman–Crippen MR) is 98.4 cm³/mol. The van der Waals surface area contributed by atoms with Crippen molar-refractivity contribution in [3.8, 4) is 11.5 Å². The number of aliphatic hydroxyl groups excluding tert-OH is 1. The van der Waals surface area contributed by atoms with Crippen LogP contribution in [0.3, 0.4) is 0 Å². The Morgan fingerprint density at radius 3 is 2.35 bits per heavy atom. The molecule has 0 bridgehead atoms. The van der Waals surface area contributed by atoms with Gasteiger partial charge in [-0.2, -0.15) is 0 Å². The second-order valence-corrected chi connectivity index (χ2v) is 5.49. The number of rotatable bonds is 10. The molecule has 0 atom stereocenters.